The SMILES string of the molecule is CC(=O)c1c(Cl)c(Cl)c(Cl)c(Cl)c1-c1c2cc(Br)c(=O)c(Br)c-2oc2c(Br)c(C)c(Br)cc12. The minimum atomic E-state index is -0.360. The van der Waals surface area contributed by atoms with Crippen molar-refractivity contribution in [1.82, 2.24) is 0 Å². The molecular formula is C22H8Br4Cl4O3. The lowest BCUT2D eigenvalue weighted by Crippen LogP contribution is -2.08. The van der Waals surface area contributed by atoms with Gasteiger partial charge in [-0.15, -0.1) is 0 Å². The number of halogens is 8. The maximum atomic E-state index is 12.8. The second-order valence-electron chi connectivity index (χ2n) is 7.09. The van der Waals surface area contributed by atoms with E-state index in [0.717, 1.165) is 10.0 Å². The zero-order chi connectivity index (χ0) is 24.5. The number of rotatable bonds is 2. The van der Waals surface area contributed by atoms with Crippen LogP contribution in [-0.2, 0) is 0 Å². The first-order valence-electron chi connectivity index (χ1n) is 8.98. The van der Waals surface area contributed by atoms with Crippen LogP contribution in [0.1, 0.15) is 22.8 Å². The summed E-state index contributed by atoms with van der Waals surface area (Å²) in [4.78, 5) is 25.4. The Morgan fingerprint density at radius 3 is 2.06 bits per heavy atom. The van der Waals surface area contributed by atoms with E-state index in [9.17, 15) is 9.59 Å². The lowest BCUT2D eigenvalue weighted by Gasteiger charge is -2.22. The Morgan fingerprint density at radius 1 is 0.848 bits per heavy atom. The van der Waals surface area contributed by atoms with Crippen LogP contribution in [0.25, 0.3) is 33.4 Å². The molecule has 0 saturated heterocycles. The number of Topliss-reactive ketones (excluding diaryl/α,β-unsaturated/α-hetero) is 1. The zero-order valence-corrected chi connectivity index (χ0v) is 25.8. The van der Waals surface area contributed by atoms with Gasteiger partial charge in [0.15, 0.2) is 11.5 Å². The fourth-order valence-electron chi connectivity index (χ4n) is 3.56. The van der Waals surface area contributed by atoms with Crippen molar-refractivity contribution in [3.05, 3.63) is 71.5 Å². The molecule has 11 heteroatoms. The van der Waals surface area contributed by atoms with Gasteiger partial charge in [-0.2, -0.15) is 0 Å². The largest absolute Gasteiger partial charge is 0.454 e. The highest BCUT2D eigenvalue weighted by atomic mass is 79.9. The predicted molar refractivity (Wildman–Crippen MR) is 150 cm³/mol. The first-order chi connectivity index (χ1) is 15.4. The summed E-state index contributed by atoms with van der Waals surface area (Å²) in [5.74, 6) is -0.0951. The fraction of sp³-hybridized carbons (Fsp3) is 0.0909. The Hall–Kier alpha value is -0.120. The molecule has 3 nitrogen and oxygen atoms in total. The molecule has 0 aromatic heterocycles. The van der Waals surface area contributed by atoms with Gasteiger partial charge < -0.3 is 4.42 Å². The van der Waals surface area contributed by atoms with E-state index in [2.05, 4.69) is 63.7 Å². The summed E-state index contributed by atoms with van der Waals surface area (Å²) in [7, 11) is 0. The summed E-state index contributed by atoms with van der Waals surface area (Å²) in [5, 5.41) is 0.627. The van der Waals surface area contributed by atoms with Crippen LogP contribution in [0.3, 0.4) is 0 Å². The van der Waals surface area contributed by atoms with Crippen LogP contribution in [0.5, 0.6) is 0 Å². The van der Waals surface area contributed by atoms with E-state index < -0.39 is 0 Å². The maximum Gasteiger partial charge on any atom is 0.210 e. The number of fused-ring (bicyclic) bond motifs is 2. The molecule has 0 radical (unpaired) electrons. The lowest BCUT2D eigenvalue weighted by molar-refractivity contribution is 0.101. The van der Waals surface area contributed by atoms with Crippen LogP contribution >= 0.6 is 110 Å². The van der Waals surface area contributed by atoms with Crippen LogP contribution in [0.4, 0.5) is 0 Å². The summed E-state index contributed by atoms with van der Waals surface area (Å²) >= 11 is 39.7. The average Bonchev–Trinajstić information content (AvgIpc) is 2.76. The molecule has 2 aromatic carbocycles. The van der Waals surface area contributed by atoms with Crippen molar-refractivity contribution in [3.8, 4) is 22.5 Å². The highest BCUT2D eigenvalue weighted by molar-refractivity contribution is 9.11. The number of ketones is 1. The molecule has 0 fully saturated rings. The lowest BCUT2D eigenvalue weighted by atomic mass is 9.89. The summed E-state index contributed by atoms with van der Waals surface area (Å²) in [6.45, 7) is 3.26. The molecular weight excluding hydrogens is 774 g/mol. The van der Waals surface area contributed by atoms with Crippen molar-refractivity contribution in [2.45, 2.75) is 13.8 Å². The van der Waals surface area contributed by atoms with Crippen molar-refractivity contribution in [3.63, 3.8) is 0 Å². The van der Waals surface area contributed by atoms with Crippen LogP contribution < -0.4 is 5.43 Å². The third kappa shape index (κ3) is 4.05. The normalized spacial score (nSPS) is 11.6. The summed E-state index contributed by atoms with van der Waals surface area (Å²) in [6, 6.07) is 3.45. The first-order valence-corrected chi connectivity index (χ1v) is 13.7. The van der Waals surface area contributed by atoms with Gasteiger partial charge in [0.2, 0.25) is 5.43 Å². The van der Waals surface area contributed by atoms with Gasteiger partial charge >= 0.3 is 0 Å². The number of hydrogen-bond donors (Lipinski definition) is 0. The van der Waals surface area contributed by atoms with E-state index in [-0.39, 0.29) is 57.1 Å². The van der Waals surface area contributed by atoms with E-state index >= 15 is 0 Å². The van der Waals surface area contributed by atoms with E-state index in [4.69, 9.17) is 50.8 Å². The summed E-state index contributed by atoms with van der Waals surface area (Å²) in [5.41, 5.74) is 2.41. The molecule has 1 heterocycles. The van der Waals surface area contributed by atoms with Crippen LogP contribution in [-0.4, -0.2) is 5.78 Å². The van der Waals surface area contributed by atoms with E-state index in [1.165, 1.54) is 6.92 Å². The minimum absolute atomic E-state index is 0.00856. The average molecular weight is 782 g/mol. The highest BCUT2D eigenvalue weighted by Crippen LogP contribution is 2.53. The Balaban J connectivity index is 2.43. The maximum absolute atomic E-state index is 12.8. The van der Waals surface area contributed by atoms with Crippen molar-refractivity contribution in [2.24, 2.45) is 0 Å². The molecule has 0 N–H and O–H groups in total. The quantitative estimate of drug-likeness (QED) is 0.0881. The molecule has 2 aliphatic rings. The number of hydrogen-bond acceptors (Lipinski definition) is 3. The monoisotopic (exact) mass is 776 g/mol. The Bertz CT molecular complexity index is 1560. The van der Waals surface area contributed by atoms with Gasteiger partial charge in [0, 0.05) is 32.1 Å². The Labute approximate surface area is 241 Å². The van der Waals surface area contributed by atoms with E-state index in [0.29, 0.717) is 26.6 Å². The van der Waals surface area contributed by atoms with Gasteiger partial charge in [0.25, 0.3) is 0 Å². The molecule has 0 atom stereocenters. The third-order valence-corrected chi connectivity index (χ3v) is 10.0. The summed E-state index contributed by atoms with van der Waals surface area (Å²) < 4.78 is 8.14. The van der Waals surface area contributed by atoms with Crippen molar-refractivity contribution in [1.29, 1.82) is 0 Å². The van der Waals surface area contributed by atoms with Crippen molar-refractivity contribution < 1.29 is 9.21 Å². The molecule has 4 rings (SSSR count). The van der Waals surface area contributed by atoms with Gasteiger partial charge in [-0.3, -0.25) is 9.59 Å². The summed E-state index contributed by atoms with van der Waals surface area (Å²) in [6.07, 6.45) is 0. The van der Waals surface area contributed by atoms with Gasteiger partial charge in [0.05, 0.1) is 29.0 Å². The molecule has 1 aliphatic carbocycles. The van der Waals surface area contributed by atoms with Crippen molar-refractivity contribution in [2.75, 3.05) is 0 Å². The second-order valence-corrected chi connectivity index (χ2v) is 11.9. The molecule has 0 unspecified atom stereocenters. The standard InChI is InChI=1S/C22H8Br4Cl4O3/c1-5-9(23)3-7-12(13-11(6(2)31)16(27)18(29)19(30)17(13)28)8-4-10(24)20(32)15(26)22(8)33-21(7)14(5)25/h3-4H,1-2H3. The molecule has 170 valence electrons. The molecule has 0 amide bonds. The molecule has 0 spiro atoms. The fourth-order valence-corrected chi connectivity index (χ4v) is 7.05. The van der Waals surface area contributed by atoms with Gasteiger partial charge in [-0.25, -0.2) is 0 Å². The molecule has 0 saturated carbocycles. The van der Waals surface area contributed by atoms with Gasteiger partial charge in [0.1, 0.15) is 10.1 Å². The van der Waals surface area contributed by atoms with Gasteiger partial charge in [-0.05, 0) is 79.3 Å². The topological polar surface area (TPSA) is 47.3 Å². The third-order valence-electron chi connectivity index (χ3n) is 5.15. The Morgan fingerprint density at radius 2 is 1.45 bits per heavy atom. The second kappa shape index (κ2) is 9.40. The van der Waals surface area contributed by atoms with Gasteiger partial charge in [-0.1, -0.05) is 62.3 Å². The number of carbonyl (C=O) groups excluding carboxylic acids is 1. The van der Waals surface area contributed by atoms with Crippen LogP contribution in [0.2, 0.25) is 20.1 Å². The molecule has 0 bridgehead atoms. The smallest absolute Gasteiger partial charge is 0.210 e. The molecule has 2 aromatic rings. The number of benzene rings is 3. The molecule has 1 aliphatic heterocycles. The number of carbonyl (C=O) groups is 1. The minimum Gasteiger partial charge on any atom is -0.454 e. The Kier molecular flexibility index (Phi) is 7.39. The highest BCUT2D eigenvalue weighted by Gasteiger charge is 2.31. The zero-order valence-electron chi connectivity index (χ0n) is 16.4. The first kappa shape index (κ1) is 26.0. The van der Waals surface area contributed by atoms with E-state index in [1.807, 2.05) is 13.0 Å². The van der Waals surface area contributed by atoms with Crippen LogP contribution in [0.15, 0.2) is 39.2 Å². The molecule has 33 heavy (non-hydrogen) atoms. The van der Waals surface area contributed by atoms with Crippen molar-refractivity contribution >= 4 is 127 Å². The van der Waals surface area contributed by atoms with E-state index in [1.54, 1.807) is 6.07 Å². The van der Waals surface area contributed by atoms with Crippen LogP contribution in [0, 0.1) is 6.92 Å². The predicted octanol–water partition coefficient (Wildman–Crippen LogP) is 10.7.